The quantitative estimate of drug-likeness (QED) is 0.184. The van der Waals surface area contributed by atoms with Gasteiger partial charge in [-0.05, 0) is 91.7 Å². The lowest BCUT2D eigenvalue weighted by molar-refractivity contribution is 0.660. The molecule has 0 N–H and O–H groups in total. The van der Waals surface area contributed by atoms with Crippen molar-refractivity contribution in [3.63, 3.8) is 0 Å². The van der Waals surface area contributed by atoms with Crippen LogP contribution in [0, 0.1) is 0 Å². The Morgan fingerprint density at radius 3 is 1.87 bits per heavy atom. The molecule has 2 heterocycles. The van der Waals surface area contributed by atoms with Gasteiger partial charge < -0.3 is 0 Å². The van der Waals surface area contributed by atoms with Crippen molar-refractivity contribution in [1.82, 2.24) is 14.5 Å². The normalized spacial score (nSPS) is 13.1. The highest BCUT2D eigenvalue weighted by molar-refractivity contribution is 6.13. The Kier molecular flexibility index (Phi) is 6.60. The molecule has 2 aromatic heterocycles. The van der Waals surface area contributed by atoms with Gasteiger partial charge in [0.15, 0.2) is 0 Å². The molecule has 0 saturated heterocycles. The highest BCUT2D eigenvalue weighted by Crippen LogP contribution is 2.50. The van der Waals surface area contributed by atoms with E-state index in [1.165, 1.54) is 49.4 Å². The fraction of sp³-hybridized carbons (Fsp3) is 0.0588. The summed E-state index contributed by atoms with van der Waals surface area (Å²) in [5.74, 6) is 0.659. The number of hydrogen-bond donors (Lipinski definition) is 0. The third-order valence-electron chi connectivity index (χ3n) is 11.6. The maximum Gasteiger partial charge on any atom is 0.235 e. The van der Waals surface area contributed by atoms with Gasteiger partial charge in [-0.3, -0.25) is 4.57 Å². The Morgan fingerprint density at radius 1 is 0.407 bits per heavy atom. The van der Waals surface area contributed by atoms with Crippen LogP contribution < -0.4 is 0 Å². The summed E-state index contributed by atoms with van der Waals surface area (Å²) in [6.07, 6.45) is 0. The highest BCUT2D eigenvalue weighted by atomic mass is 15.2. The Morgan fingerprint density at radius 2 is 1.06 bits per heavy atom. The van der Waals surface area contributed by atoms with Crippen LogP contribution in [0.3, 0.4) is 0 Å². The molecule has 11 rings (SSSR count). The first-order chi connectivity index (χ1) is 26.5. The topological polar surface area (TPSA) is 30.7 Å². The summed E-state index contributed by atoms with van der Waals surface area (Å²) in [4.78, 5) is 11.0. The number of para-hydroxylation sites is 1. The second kappa shape index (κ2) is 11.6. The predicted molar refractivity (Wildman–Crippen MR) is 225 cm³/mol. The summed E-state index contributed by atoms with van der Waals surface area (Å²) in [6.45, 7) is 4.70. The minimum absolute atomic E-state index is 0.109. The van der Waals surface area contributed by atoms with Gasteiger partial charge in [0.2, 0.25) is 5.95 Å². The van der Waals surface area contributed by atoms with Crippen LogP contribution in [0.2, 0.25) is 0 Å². The molecule has 1 aliphatic rings. The maximum atomic E-state index is 5.49. The molecule has 3 nitrogen and oxygen atoms in total. The van der Waals surface area contributed by atoms with E-state index in [0.717, 1.165) is 49.9 Å². The first-order valence-electron chi connectivity index (χ1n) is 18.7. The van der Waals surface area contributed by atoms with E-state index in [1.807, 2.05) is 0 Å². The smallest absolute Gasteiger partial charge is 0.235 e. The molecule has 254 valence electrons. The van der Waals surface area contributed by atoms with Crippen molar-refractivity contribution in [1.29, 1.82) is 0 Å². The number of benzene rings is 8. The van der Waals surface area contributed by atoms with Gasteiger partial charge in [0, 0.05) is 27.1 Å². The first-order valence-corrected chi connectivity index (χ1v) is 18.7. The van der Waals surface area contributed by atoms with Gasteiger partial charge in [-0.15, -0.1) is 0 Å². The second-order valence-electron chi connectivity index (χ2n) is 15.0. The predicted octanol–water partition coefficient (Wildman–Crippen LogP) is 13.2. The van der Waals surface area contributed by atoms with E-state index in [4.69, 9.17) is 9.97 Å². The molecule has 3 heteroatoms. The van der Waals surface area contributed by atoms with Crippen molar-refractivity contribution < 1.29 is 0 Å². The van der Waals surface area contributed by atoms with Crippen molar-refractivity contribution in [3.8, 4) is 50.6 Å². The average molecular weight is 690 g/mol. The lowest BCUT2D eigenvalue weighted by Gasteiger charge is -2.22. The molecule has 0 unspecified atom stereocenters. The largest absolute Gasteiger partial charge is 0.278 e. The Balaban J connectivity index is 1.22. The molecule has 0 atom stereocenters. The van der Waals surface area contributed by atoms with Gasteiger partial charge in [0.25, 0.3) is 0 Å². The third-order valence-corrected chi connectivity index (χ3v) is 11.6. The van der Waals surface area contributed by atoms with Crippen LogP contribution in [-0.4, -0.2) is 14.5 Å². The fourth-order valence-electron chi connectivity index (χ4n) is 8.92. The molecule has 1 aliphatic carbocycles. The van der Waals surface area contributed by atoms with Crippen molar-refractivity contribution in [2.45, 2.75) is 19.3 Å². The number of hydrogen-bond acceptors (Lipinski definition) is 2. The fourth-order valence-corrected chi connectivity index (χ4v) is 8.92. The SMILES string of the molecule is CC1(C)c2ccccc2-c2ccc(-c3cc4nc(-n5c6ccccc6c6cc7ccccc7cc65)nc(-c5ccccc5)c4cc3-c3ccccc3)cc21. The van der Waals surface area contributed by atoms with Gasteiger partial charge in [-0.25, -0.2) is 9.97 Å². The molecule has 0 radical (unpaired) electrons. The number of fused-ring (bicyclic) bond motifs is 8. The molecule has 0 saturated carbocycles. The van der Waals surface area contributed by atoms with Crippen LogP contribution in [0.4, 0.5) is 0 Å². The summed E-state index contributed by atoms with van der Waals surface area (Å²) in [5.41, 5.74) is 15.0. The van der Waals surface area contributed by atoms with E-state index in [2.05, 4.69) is 194 Å². The zero-order valence-electron chi connectivity index (χ0n) is 30.1. The summed E-state index contributed by atoms with van der Waals surface area (Å²) in [7, 11) is 0. The zero-order valence-corrected chi connectivity index (χ0v) is 30.1. The summed E-state index contributed by atoms with van der Waals surface area (Å²) in [6, 6.07) is 63.6. The lowest BCUT2D eigenvalue weighted by atomic mass is 9.81. The highest BCUT2D eigenvalue weighted by Gasteiger charge is 2.35. The minimum atomic E-state index is -0.109. The van der Waals surface area contributed by atoms with E-state index in [1.54, 1.807) is 0 Å². The standard InChI is InChI=1S/C51H35N3/c1-51(2)44-23-13-11-21-37(44)38-26-25-36(28-45(38)51)41-31-46-43(30-40(41)32-15-5-3-6-16-32)49(33-17-7-4-8-18-33)53-50(52-46)54-47-24-14-12-22-39(47)42-27-34-19-9-10-20-35(34)29-48(42)54/h3-31H,1-2H3. The average Bonchev–Trinajstić information content (AvgIpc) is 3.67. The van der Waals surface area contributed by atoms with Crippen molar-refractivity contribution in [3.05, 3.63) is 187 Å². The van der Waals surface area contributed by atoms with E-state index in [9.17, 15) is 0 Å². The molecular weight excluding hydrogens is 655 g/mol. The Labute approximate surface area is 313 Å². The van der Waals surface area contributed by atoms with Gasteiger partial charge in [0.1, 0.15) is 0 Å². The number of nitrogens with zero attached hydrogens (tertiary/aromatic N) is 3. The summed E-state index contributed by atoms with van der Waals surface area (Å²) >= 11 is 0. The lowest BCUT2D eigenvalue weighted by Crippen LogP contribution is -2.14. The maximum absolute atomic E-state index is 5.49. The molecule has 0 aliphatic heterocycles. The van der Waals surface area contributed by atoms with Crippen LogP contribution in [0.5, 0.6) is 0 Å². The van der Waals surface area contributed by atoms with Crippen molar-refractivity contribution in [2.75, 3.05) is 0 Å². The molecule has 8 aromatic carbocycles. The van der Waals surface area contributed by atoms with Gasteiger partial charge in [-0.2, -0.15) is 0 Å². The molecule has 10 aromatic rings. The van der Waals surface area contributed by atoms with Crippen LogP contribution in [0.15, 0.2) is 176 Å². The van der Waals surface area contributed by atoms with Gasteiger partial charge >= 0.3 is 0 Å². The Bertz CT molecular complexity index is 3120. The van der Waals surface area contributed by atoms with Crippen LogP contribution in [-0.2, 0) is 5.41 Å². The van der Waals surface area contributed by atoms with Crippen LogP contribution >= 0.6 is 0 Å². The number of rotatable bonds is 4. The first kappa shape index (κ1) is 30.8. The molecular formula is C51H35N3. The zero-order chi connectivity index (χ0) is 36.0. The number of aromatic nitrogens is 3. The molecule has 54 heavy (non-hydrogen) atoms. The summed E-state index contributed by atoms with van der Waals surface area (Å²) < 4.78 is 2.25. The van der Waals surface area contributed by atoms with E-state index < -0.39 is 0 Å². The summed E-state index contributed by atoms with van der Waals surface area (Å²) in [5, 5.41) is 5.81. The minimum Gasteiger partial charge on any atom is -0.278 e. The third kappa shape index (κ3) is 4.55. The Hall–Kier alpha value is -6.84. The van der Waals surface area contributed by atoms with E-state index >= 15 is 0 Å². The van der Waals surface area contributed by atoms with E-state index in [0.29, 0.717) is 5.95 Å². The monoisotopic (exact) mass is 689 g/mol. The molecule has 0 fully saturated rings. The second-order valence-corrected chi connectivity index (χ2v) is 15.0. The van der Waals surface area contributed by atoms with Crippen LogP contribution in [0.25, 0.3) is 94.1 Å². The van der Waals surface area contributed by atoms with E-state index in [-0.39, 0.29) is 5.41 Å². The van der Waals surface area contributed by atoms with Crippen molar-refractivity contribution >= 4 is 43.5 Å². The molecule has 0 spiro atoms. The van der Waals surface area contributed by atoms with Crippen molar-refractivity contribution in [2.24, 2.45) is 0 Å². The van der Waals surface area contributed by atoms with Gasteiger partial charge in [-0.1, -0.05) is 153 Å². The molecule has 0 bridgehead atoms. The molecule has 0 amide bonds. The van der Waals surface area contributed by atoms with Gasteiger partial charge in [0.05, 0.1) is 22.2 Å². The van der Waals surface area contributed by atoms with Crippen LogP contribution in [0.1, 0.15) is 25.0 Å².